The standard InChI is InChI=1S/C19H23NO2/c1-16-8-6-11-18(14-16)22-13-7-12-19(21)20(2)15-17-9-4-3-5-10-17/h3-6,8-11,14H,7,12-13,15H2,1-2H3. The molecule has 0 aliphatic heterocycles. The van der Waals surface area contributed by atoms with Crippen molar-refractivity contribution < 1.29 is 9.53 Å². The third kappa shape index (κ3) is 5.24. The minimum Gasteiger partial charge on any atom is -0.494 e. The van der Waals surface area contributed by atoms with Gasteiger partial charge >= 0.3 is 0 Å². The normalized spacial score (nSPS) is 10.3. The predicted molar refractivity (Wildman–Crippen MR) is 88.8 cm³/mol. The van der Waals surface area contributed by atoms with Crippen molar-refractivity contribution in [1.82, 2.24) is 4.90 Å². The van der Waals surface area contributed by atoms with Crippen LogP contribution >= 0.6 is 0 Å². The highest BCUT2D eigenvalue weighted by atomic mass is 16.5. The van der Waals surface area contributed by atoms with E-state index >= 15 is 0 Å². The van der Waals surface area contributed by atoms with E-state index in [0.29, 0.717) is 19.6 Å². The topological polar surface area (TPSA) is 29.5 Å². The van der Waals surface area contributed by atoms with Gasteiger partial charge in [0.15, 0.2) is 0 Å². The van der Waals surface area contributed by atoms with Crippen LogP contribution in [0.4, 0.5) is 0 Å². The summed E-state index contributed by atoms with van der Waals surface area (Å²) in [6, 6.07) is 18.0. The van der Waals surface area contributed by atoms with Gasteiger partial charge in [-0.25, -0.2) is 0 Å². The molecular formula is C19H23NO2. The van der Waals surface area contributed by atoms with Gasteiger partial charge in [0.2, 0.25) is 5.91 Å². The zero-order valence-corrected chi connectivity index (χ0v) is 13.3. The first-order chi connectivity index (χ1) is 10.6. The Morgan fingerprint density at radius 3 is 2.59 bits per heavy atom. The maximum absolute atomic E-state index is 12.1. The van der Waals surface area contributed by atoms with Gasteiger partial charge in [-0.3, -0.25) is 4.79 Å². The van der Waals surface area contributed by atoms with Gasteiger partial charge in [-0.1, -0.05) is 42.5 Å². The van der Waals surface area contributed by atoms with Gasteiger partial charge in [-0.2, -0.15) is 0 Å². The molecule has 116 valence electrons. The van der Waals surface area contributed by atoms with E-state index in [9.17, 15) is 4.79 Å². The monoisotopic (exact) mass is 297 g/mol. The molecule has 2 aromatic rings. The zero-order valence-electron chi connectivity index (χ0n) is 13.3. The molecule has 0 heterocycles. The van der Waals surface area contributed by atoms with Crippen molar-refractivity contribution in [2.24, 2.45) is 0 Å². The van der Waals surface area contributed by atoms with Gasteiger partial charge in [0.05, 0.1) is 6.61 Å². The van der Waals surface area contributed by atoms with E-state index in [-0.39, 0.29) is 5.91 Å². The maximum atomic E-state index is 12.1. The van der Waals surface area contributed by atoms with Crippen LogP contribution in [0.15, 0.2) is 54.6 Å². The lowest BCUT2D eigenvalue weighted by molar-refractivity contribution is -0.130. The van der Waals surface area contributed by atoms with Crippen LogP contribution in [0.2, 0.25) is 0 Å². The second-order valence-electron chi connectivity index (χ2n) is 5.50. The predicted octanol–water partition coefficient (Wildman–Crippen LogP) is 3.81. The number of rotatable bonds is 7. The molecule has 0 N–H and O–H groups in total. The molecule has 0 saturated carbocycles. The lowest BCUT2D eigenvalue weighted by atomic mass is 10.2. The Morgan fingerprint density at radius 1 is 1.09 bits per heavy atom. The third-order valence-corrected chi connectivity index (χ3v) is 3.48. The molecule has 0 aromatic heterocycles. The summed E-state index contributed by atoms with van der Waals surface area (Å²) in [5, 5.41) is 0. The SMILES string of the molecule is Cc1cccc(OCCCC(=O)N(C)Cc2ccccc2)c1. The molecule has 1 amide bonds. The third-order valence-electron chi connectivity index (χ3n) is 3.48. The van der Waals surface area contributed by atoms with Gasteiger partial charge in [-0.15, -0.1) is 0 Å². The second-order valence-corrected chi connectivity index (χ2v) is 5.50. The van der Waals surface area contributed by atoms with Crippen LogP contribution in [0, 0.1) is 6.92 Å². The van der Waals surface area contributed by atoms with Crippen LogP contribution in [0.3, 0.4) is 0 Å². The molecule has 0 atom stereocenters. The molecule has 0 aliphatic carbocycles. The second kappa shape index (κ2) is 8.23. The first-order valence-electron chi connectivity index (χ1n) is 7.62. The fraction of sp³-hybridized carbons (Fsp3) is 0.316. The zero-order chi connectivity index (χ0) is 15.8. The first kappa shape index (κ1) is 16.1. The number of hydrogen-bond acceptors (Lipinski definition) is 2. The Kier molecular flexibility index (Phi) is 6.01. The highest BCUT2D eigenvalue weighted by molar-refractivity contribution is 5.75. The molecule has 2 aromatic carbocycles. The van der Waals surface area contributed by atoms with Crippen molar-refractivity contribution in [3.8, 4) is 5.75 Å². The van der Waals surface area contributed by atoms with Crippen LogP contribution in [0.1, 0.15) is 24.0 Å². The fourth-order valence-corrected chi connectivity index (χ4v) is 2.25. The lowest BCUT2D eigenvalue weighted by Gasteiger charge is -2.17. The van der Waals surface area contributed by atoms with Crippen molar-refractivity contribution in [3.05, 3.63) is 65.7 Å². The number of carbonyl (C=O) groups is 1. The summed E-state index contributed by atoms with van der Waals surface area (Å²) in [4.78, 5) is 13.8. The van der Waals surface area contributed by atoms with Gasteiger partial charge < -0.3 is 9.64 Å². The highest BCUT2D eigenvalue weighted by Crippen LogP contribution is 2.13. The van der Waals surface area contributed by atoms with Crippen LogP contribution < -0.4 is 4.74 Å². The summed E-state index contributed by atoms with van der Waals surface area (Å²) in [5.74, 6) is 1.02. The summed E-state index contributed by atoms with van der Waals surface area (Å²) in [5.41, 5.74) is 2.32. The van der Waals surface area contributed by atoms with E-state index in [2.05, 4.69) is 0 Å². The van der Waals surface area contributed by atoms with E-state index < -0.39 is 0 Å². The summed E-state index contributed by atoms with van der Waals surface area (Å²) >= 11 is 0. The Bertz CT molecular complexity index is 595. The number of carbonyl (C=O) groups excluding carboxylic acids is 1. The number of ether oxygens (including phenoxy) is 1. The smallest absolute Gasteiger partial charge is 0.222 e. The molecular weight excluding hydrogens is 274 g/mol. The number of benzene rings is 2. The molecule has 2 rings (SSSR count). The minimum absolute atomic E-state index is 0.150. The van der Waals surface area contributed by atoms with Crippen molar-refractivity contribution in [1.29, 1.82) is 0 Å². The van der Waals surface area contributed by atoms with Crippen LogP contribution in [-0.2, 0) is 11.3 Å². The molecule has 0 unspecified atom stereocenters. The number of amides is 1. The van der Waals surface area contributed by atoms with Gasteiger partial charge in [0.1, 0.15) is 5.75 Å². The van der Waals surface area contributed by atoms with Crippen LogP contribution in [-0.4, -0.2) is 24.5 Å². The molecule has 0 aliphatic rings. The fourth-order valence-electron chi connectivity index (χ4n) is 2.25. The largest absolute Gasteiger partial charge is 0.494 e. The molecule has 0 spiro atoms. The lowest BCUT2D eigenvalue weighted by Crippen LogP contribution is -2.26. The van der Waals surface area contributed by atoms with Crippen LogP contribution in [0.5, 0.6) is 5.75 Å². The van der Waals surface area contributed by atoms with Crippen molar-refractivity contribution in [3.63, 3.8) is 0 Å². The number of hydrogen-bond donors (Lipinski definition) is 0. The molecule has 0 saturated heterocycles. The maximum Gasteiger partial charge on any atom is 0.222 e. The van der Waals surface area contributed by atoms with Crippen LogP contribution in [0.25, 0.3) is 0 Å². The summed E-state index contributed by atoms with van der Waals surface area (Å²) in [6.07, 6.45) is 1.24. The van der Waals surface area contributed by atoms with E-state index in [1.54, 1.807) is 4.90 Å². The molecule has 22 heavy (non-hydrogen) atoms. The Hall–Kier alpha value is -2.29. The number of nitrogens with zero attached hydrogens (tertiary/aromatic N) is 1. The van der Waals surface area contributed by atoms with Gasteiger partial charge in [0.25, 0.3) is 0 Å². The Morgan fingerprint density at radius 2 is 1.86 bits per heavy atom. The molecule has 0 fully saturated rings. The molecule has 3 nitrogen and oxygen atoms in total. The quantitative estimate of drug-likeness (QED) is 0.727. The average molecular weight is 297 g/mol. The summed E-state index contributed by atoms with van der Waals surface area (Å²) in [6.45, 7) is 3.25. The summed E-state index contributed by atoms with van der Waals surface area (Å²) < 4.78 is 5.66. The number of aryl methyl sites for hydroxylation is 1. The van der Waals surface area contributed by atoms with Gasteiger partial charge in [0, 0.05) is 20.0 Å². The van der Waals surface area contributed by atoms with E-state index in [0.717, 1.165) is 17.7 Å². The summed E-state index contributed by atoms with van der Waals surface area (Å²) in [7, 11) is 1.84. The molecule has 3 heteroatoms. The van der Waals surface area contributed by atoms with E-state index in [1.165, 1.54) is 5.56 Å². The van der Waals surface area contributed by atoms with Crippen molar-refractivity contribution in [2.75, 3.05) is 13.7 Å². The molecule has 0 bridgehead atoms. The minimum atomic E-state index is 0.150. The Balaban J connectivity index is 1.69. The van der Waals surface area contributed by atoms with Crippen molar-refractivity contribution >= 4 is 5.91 Å². The first-order valence-corrected chi connectivity index (χ1v) is 7.62. The van der Waals surface area contributed by atoms with E-state index in [4.69, 9.17) is 4.74 Å². The van der Waals surface area contributed by atoms with Crippen molar-refractivity contribution in [2.45, 2.75) is 26.3 Å². The highest BCUT2D eigenvalue weighted by Gasteiger charge is 2.08. The van der Waals surface area contributed by atoms with Gasteiger partial charge in [-0.05, 0) is 36.6 Å². The Labute approximate surface area is 132 Å². The molecule has 0 radical (unpaired) electrons. The van der Waals surface area contributed by atoms with E-state index in [1.807, 2.05) is 68.6 Å². The average Bonchev–Trinajstić information content (AvgIpc) is 2.52.